The summed E-state index contributed by atoms with van der Waals surface area (Å²) in [6.45, 7) is 4.54. The Morgan fingerprint density at radius 1 is 1.36 bits per heavy atom. The normalized spacial score (nSPS) is 21.8. The SMILES string of the molecule is Cc1cccc2c1CC[C@@H]2C. The molecule has 0 radical (unpaired) electrons. The molecule has 0 amide bonds. The van der Waals surface area contributed by atoms with Crippen LogP contribution in [0.25, 0.3) is 0 Å². The molecule has 0 heterocycles. The maximum absolute atomic E-state index is 2.32. The summed E-state index contributed by atoms with van der Waals surface area (Å²) in [7, 11) is 0. The lowest BCUT2D eigenvalue weighted by atomic mass is 10.0. The van der Waals surface area contributed by atoms with Gasteiger partial charge in [0.15, 0.2) is 0 Å². The van der Waals surface area contributed by atoms with E-state index in [1.54, 1.807) is 11.1 Å². The highest BCUT2D eigenvalue weighted by atomic mass is 14.2. The van der Waals surface area contributed by atoms with Crippen LogP contribution in [0, 0.1) is 6.92 Å². The van der Waals surface area contributed by atoms with E-state index < -0.39 is 0 Å². The third-order valence-corrected chi connectivity index (χ3v) is 2.80. The van der Waals surface area contributed by atoms with Crippen LogP contribution in [0.3, 0.4) is 0 Å². The lowest BCUT2D eigenvalue weighted by Crippen LogP contribution is -1.87. The van der Waals surface area contributed by atoms with Crippen molar-refractivity contribution >= 4 is 0 Å². The highest BCUT2D eigenvalue weighted by molar-refractivity contribution is 5.39. The van der Waals surface area contributed by atoms with E-state index in [2.05, 4.69) is 32.0 Å². The van der Waals surface area contributed by atoms with Crippen LogP contribution in [0.4, 0.5) is 0 Å². The zero-order valence-corrected chi connectivity index (χ0v) is 7.22. The van der Waals surface area contributed by atoms with Crippen molar-refractivity contribution in [1.29, 1.82) is 0 Å². The lowest BCUT2D eigenvalue weighted by Gasteiger charge is -2.04. The Labute approximate surface area is 68.3 Å². The molecule has 0 N–H and O–H groups in total. The van der Waals surface area contributed by atoms with Gasteiger partial charge in [0.25, 0.3) is 0 Å². The molecule has 2 rings (SSSR count). The van der Waals surface area contributed by atoms with Gasteiger partial charge in [0.1, 0.15) is 0 Å². The molecule has 0 bridgehead atoms. The molecule has 0 spiro atoms. The fourth-order valence-electron chi connectivity index (χ4n) is 2.04. The smallest absolute Gasteiger partial charge is 0.0184 e. The first kappa shape index (κ1) is 6.90. The van der Waals surface area contributed by atoms with Crippen LogP contribution in [0.15, 0.2) is 18.2 Å². The minimum absolute atomic E-state index is 0.796. The Morgan fingerprint density at radius 3 is 2.91 bits per heavy atom. The summed E-state index contributed by atoms with van der Waals surface area (Å²) < 4.78 is 0. The number of aryl methyl sites for hydroxylation is 1. The van der Waals surface area contributed by atoms with Crippen LogP contribution in [0.2, 0.25) is 0 Å². The average molecular weight is 146 g/mol. The van der Waals surface area contributed by atoms with E-state index in [1.165, 1.54) is 18.4 Å². The van der Waals surface area contributed by atoms with Crippen molar-refractivity contribution in [3.63, 3.8) is 0 Å². The van der Waals surface area contributed by atoms with Gasteiger partial charge in [-0.3, -0.25) is 0 Å². The molecule has 1 aliphatic carbocycles. The summed E-state index contributed by atoms with van der Waals surface area (Å²) in [6.07, 6.45) is 2.64. The number of fused-ring (bicyclic) bond motifs is 1. The summed E-state index contributed by atoms with van der Waals surface area (Å²) in [5.41, 5.74) is 4.68. The third-order valence-electron chi connectivity index (χ3n) is 2.80. The molecule has 0 saturated heterocycles. The van der Waals surface area contributed by atoms with Gasteiger partial charge in [0, 0.05) is 0 Å². The Morgan fingerprint density at radius 2 is 2.18 bits per heavy atom. The summed E-state index contributed by atoms with van der Waals surface area (Å²) >= 11 is 0. The Kier molecular flexibility index (Phi) is 1.49. The predicted octanol–water partition coefficient (Wildman–Crippen LogP) is 3.04. The summed E-state index contributed by atoms with van der Waals surface area (Å²) in [6, 6.07) is 6.67. The van der Waals surface area contributed by atoms with E-state index >= 15 is 0 Å². The van der Waals surface area contributed by atoms with Crippen LogP contribution in [-0.2, 0) is 6.42 Å². The minimum Gasteiger partial charge on any atom is -0.0617 e. The molecule has 1 atom stereocenters. The van der Waals surface area contributed by atoms with Gasteiger partial charge in [0.05, 0.1) is 0 Å². The first-order valence-electron chi connectivity index (χ1n) is 4.37. The molecular weight excluding hydrogens is 132 g/mol. The Hall–Kier alpha value is -0.780. The Balaban J connectivity index is 2.57. The van der Waals surface area contributed by atoms with E-state index in [-0.39, 0.29) is 0 Å². The molecule has 0 saturated carbocycles. The molecule has 0 unspecified atom stereocenters. The largest absolute Gasteiger partial charge is 0.0617 e. The topological polar surface area (TPSA) is 0 Å². The first-order valence-corrected chi connectivity index (χ1v) is 4.37. The van der Waals surface area contributed by atoms with Gasteiger partial charge < -0.3 is 0 Å². The Bertz CT molecular complexity index is 273. The van der Waals surface area contributed by atoms with Crippen LogP contribution in [0.1, 0.15) is 36.0 Å². The molecule has 0 aliphatic heterocycles. The van der Waals surface area contributed by atoms with Crippen LogP contribution >= 0.6 is 0 Å². The number of hydrogen-bond acceptors (Lipinski definition) is 0. The molecular formula is C11H14. The van der Waals surface area contributed by atoms with E-state index in [9.17, 15) is 0 Å². The summed E-state index contributed by atoms with van der Waals surface area (Å²) in [4.78, 5) is 0. The second-order valence-corrected chi connectivity index (χ2v) is 3.58. The monoisotopic (exact) mass is 146 g/mol. The van der Waals surface area contributed by atoms with Gasteiger partial charge in [-0.2, -0.15) is 0 Å². The van der Waals surface area contributed by atoms with Crippen molar-refractivity contribution in [3.8, 4) is 0 Å². The van der Waals surface area contributed by atoms with Crippen molar-refractivity contribution in [1.82, 2.24) is 0 Å². The standard InChI is InChI=1S/C11H14/c1-8-4-3-5-10-9(2)6-7-11(8)10/h3-5,9H,6-7H2,1-2H3/t9-/m0/s1. The van der Waals surface area contributed by atoms with Gasteiger partial charge in [0.2, 0.25) is 0 Å². The molecule has 1 aromatic rings. The minimum atomic E-state index is 0.796. The van der Waals surface area contributed by atoms with E-state index in [4.69, 9.17) is 0 Å². The second-order valence-electron chi connectivity index (χ2n) is 3.58. The van der Waals surface area contributed by atoms with Crippen molar-refractivity contribution in [2.75, 3.05) is 0 Å². The maximum Gasteiger partial charge on any atom is -0.0184 e. The molecule has 1 aromatic carbocycles. The van der Waals surface area contributed by atoms with Crippen molar-refractivity contribution in [2.24, 2.45) is 0 Å². The quantitative estimate of drug-likeness (QED) is 0.527. The van der Waals surface area contributed by atoms with Crippen molar-refractivity contribution in [2.45, 2.75) is 32.6 Å². The summed E-state index contributed by atoms with van der Waals surface area (Å²) in [5, 5.41) is 0. The second kappa shape index (κ2) is 2.37. The lowest BCUT2D eigenvalue weighted by molar-refractivity contribution is 0.747. The van der Waals surface area contributed by atoms with Crippen LogP contribution in [-0.4, -0.2) is 0 Å². The molecule has 0 nitrogen and oxygen atoms in total. The highest BCUT2D eigenvalue weighted by Crippen LogP contribution is 2.33. The zero-order chi connectivity index (χ0) is 7.84. The third kappa shape index (κ3) is 0.973. The van der Waals surface area contributed by atoms with E-state index in [1.807, 2.05) is 0 Å². The van der Waals surface area contributed by atoms with E-state index in [0.29, 0.717) is 0 Å². The fraction of sp³-hybridized carbons (Fsp3) is 0.455. The zero-order valence-electron chi connectivity index (χ0n) is 7.22. The van der Waals surface area contributed by atoms with Gasteiger partial charge >= 0.3 is 0 Å². The molecule has 0 fully saturated rings. The van der Waals surface area contributed by atoms with Crippen LogP contribution < -0.4 is 0 Å². The highest BCUT2D eigenvalue weighted by Gasteiger charge is 2.18. The van der Waals surface area contributed by atoms with Gasteiger partial charge in [-0.25, -0.2) is 0 Å². The molecule has 58 valence electrons. The number of hydrogen-bond donors (Lipinski definition) is 0. The van der Waals surface area contributed by atoms with E-state index in [0.717, 1.165) is 5.92 Å². The fourth-order valence-corrected chi connectivity index (χ4v) is 2.04. The van der Waals surface area contributed by atoms with Crippen molar-refractivity contribution in [3.05, 3.63) is 34.9 Å². The molecule has 0 aromatic heterocycles. The van der Waals surface area contributed by atoms with Gasteiger partial charge in [-0.1, -0.05) is 25.1 Å². The number of rotatable bonds is 0. The average Bonchev–Trinajstić information content (AvgIpc) is 2.35. The first-order chi connectivity index (χ1) is 5.29. The van der Waals surface area contributed by atoms with Gasteiger partial charge in [-0.15, -0.1) is 0 Å². The molecule has 0 heteroatoms. The predicted molar refractivity (Wildman–Crippen MR) is 47.9 cm³/mol. The van der Waals surface area contributed by atoms with Crippen molar-refractivity contribution < 1.29 is 0 Å². The van der Waals surface area contributed by atoms with Crippen LogP contribution in [0.5, 0.6) is 0 Å². The number of benzene rings is 1. The molecule has 1 aliphatic rings. The summed E-state index contributed by atoms with van der Waals surface area (Å²) in [5.74, 6) is 0.796. The molecule has 11 heavy (non-hydrogen) atoms. The van der Waals surface area contributed by atoms with Gasteiger partial charge in [-0.05, 0) is 42.4 Å². The maximum atomic E-state index is 2.32.